The zero-order chi connectivity index (χ0) is 19.3. The lowest BCUT2D eigenvalue weighted by atomic mass is 10.0. The number of amides is 2. The molecule has 0 spiro atoms. The van der Waals surface area contributed by atoms with Crippen LogP contribution in [0.1, 0.15) is 5.56 Å². The van der Waals surface area contributed by atoms with Crippen LogP contribution in [0.25, 0.3) is 21.9 Å². The molecule has 28 heavy (non-hydrogen) atoms. The number of hydrogen-bond acceptors (Lipinski definition) is 5. The number of carbonyl (C=O) groups is 2. The van der Waals surface area contributed by atoms with Crippen molar-refractivity contribution in [1.82, 2.24) is 15.8 Å². The fourth-order valence-electron chi connectivity index (χ4n) is 2.88. The molecule has 0 unspecified atom stereocenters. The molecule has 0 radical (unpaired) electrons. The first kappa shape index (κ1) is 18.1. The fourth-order valence-corrected chi connectivity index (χ4v) is 3.52. The van der Waals surface area contributed by atoms with Crippen LogP contribution in [0, 0.1) is 0 Å². The minimum atomic E-state index is -0.335. The van der Waals surface area contributed by atoms with E-state index < -0.39 is 0 Å². The number of aromatic nitrogens is 1. The van der Waals surface area contributed by atoms with Crippen molar-refractivity contribution in [3.05, 3.63) is 72.3 Å². The van der Waals surface area contributed by atoms with Gasteiger partial charge < -0.3 is 4.42 Å². The predicted molar refractivity (Wildman–Crippen MR) is 109 cm³/mol. The van der Waals surface area contributed by atoms with Crippen molar-refractivity contribution in [3.63, 3.8) is 0 Å². The normalized spacial score (nSPS) is 10.9. The molecule has 0 fully saturated rings. The third kappa shape index (κ3) is 4.15. The largest absolute Gasteiger partial charge is 0.431 e. The van der Waals surface area contributed by atoms with Gasteiger partial charge in [-0.05, 0) is 28.5 Å². The van der Waals surface area contributed by atoms with E-state index in [-0.39, 0.29) is 24.0 Å². The number of carbonyl (C=O) groups excluding carboxylic acids is 2. The summed E-state index contributed by atoms with van der Waals surface area (Å²) in [5.74, 6) is -0.531. The van der Waals surface area contributed by atoms with Gasteiger partial charge in [0, 0.05) is 0 Å². The summed E-state index contributed by atoms with van der Waals surface area (Å²) in [4.78, 5) is 28.5. The molecule has 140 valence electrons. The molecule has 0 saturated heterocycles. The van der Waals surface area contributed by atoms with Gasteiger partial charge in [0.05, 0.1) is 12.2 Å². The number of fused-ring (bicyclic) bond motifs is 2. The van der Waals surface area contributed by atoms with E-state index in [4.69, 9.17) is 4.42 Å². The zero-order valence-corrected chi connectivity index (χ0v) is 15.7. The summed E-state index contributed by atoms with van der Waals surface area (Å²) in [6.45, 7) is 0. The molecule has 0 aliphatic heterocycles. The quantitative estimate of drug-likeness (QED) is 0.402. The van der Waals surface area contributed by atoms with E-state index in [9.17, 15) is 9.59 Å². The van der Waals surface area contributed by atoms with Gasteiger partial charge in [-0.2, -0.15) is 0 Å². The summed E-state index contributed by atoms with van der Waals surface area (Å²) < 4.78 is 5.55. The van der Waals surface area contributed by atoms with Gasteiger partial charge in [-0.25, -0.2) is 4.98 Å². The first-order valence-electron chi connectivity index (χ1n) is 8.72. The maximum Gasteiger partial charge on any atom is 0.257 e. The van der Waals surface area contributed by atoms with E-state index in [0.717, 1.165) is 21.9 Å². The van der Waals surface area contributed by atoms with Crippen molar-refractivity contribution in [3.8, 4) is 0 Å². The van der Waals surface area contributed by atoms with Gasteiger partial charge in [0.2, 0.25) is 11.8 Å². The second-order valence-corrected chi connectivity index (χ2v) is 7.07. The number of nitrogens with one attached hydrogen (secondary N) is 2. The minimum absolute atomic E-state index is 0.0847. The van der Waals surface area contributed by atoms with Crippen LogP contribution in [0.3, 0.4) is 0 Å². The number of hydrazine groups is 1. The van der Waals surface area contributed by atoms with Crippen molar-refractivity contribution in [2.24, 2.45) is 0 Å². The molecule has 3 aromatic carbocycles. The Morgan fingerprint density at radius 1 is 0.893 bits per heavy atom. The van der Waals surface area contributed by atoms with Crippen LogP contribution >= 0.6 is 11.8 Å². The molecule has 2 amide bonds. The number of oxazole rings is 1. The highest BCUT2D eigenvalue weighted by atomic mass is 32.2. The van der Waals surface area contributed by atoms with Gasteiger partial charge in [0.15, 0.2) is 5.58 Å². The Morgan fingerprint density at radius 3 is 2.54 bits per heavy atom. The lowest BCUT2D eigenvalue weighted by Gasteiger charge is -2.08. The summed E-state index contributed by atoms with van der Waals surface area (Å²) in [6, 6.07) is 21.1. The smallest absolute Gasteiger partial charge is 0.257 e. The molecule has 6 nitrogen and oxygen atoms in total. The molecule has 0 aliphatic carbocycles. The molecule has 4 aromatic rings. The highest BCUT2D eigenvalue weighted by Gasteiger charge is 2.11. The number of thioether (sulfide) groups is 1. The number of benzene rings is 3. The summed E-state index contributed by atoms with van der Waals surface area (Å²) >= 11 is 1.17. The molecule has 0 atom stereocenters. The van der Waals surface area contributed by atoms with Crippen LogP contribution in [0.4, 0.5) is 0 Å². The summed E-state index contributed by atoms with van der Waals surface area (Å²) in [5.41, 5.74) is 7.21. The van der Waals surface area contributed by atoms with Crippen LogP contribution in [-0.2, 0) is 16.0 Å². The Morgan fingerprint density at radius 2 is 1.64 bits per heavy atom. The van der Waals surface area contributed by atoms with Gasteiger partial charge in [0.25, 0.3) is 5.22 Å². The topological polar surface area (TPSA) is 84.2 Å². The molecule has 0 saturated carbocycles. The molecule has 7 heteroatoms. The minimum Gasteiger partial charge on any atom is -0.431 e. The lowest BCUT2D eigenvalue weighted by Crippen LogP contribution is -2.43. The van der Waals surface area contributed by atoms with E-state index in [0.29, 0.717) is 10.8 Å². The first-order chi connectivity index (χ1) is 13.7. The van der Waals surface area contributed by atoms with E-state index in [1.807, 2.05) is 66.7 Å². The van der Waals surface area contributed by atoms with Gasteiger partial charge in [-0.3, -0.25) is 20.4 Å². The van der Waals surface area contributed by atoms with Gasteiger partial charge >= 0.3 is 0 Å². The van der Waals surface area contributed by atoms with Crippen LogP contribution in [0.2, 0.25) is 0 Å². The molecule has 2 N–H and O–H groups in total. The third-order valence-electron chi connectivity index (χ3n) is 4.17. The summed E-state index contributed by atoms with van der Waals surface area (Å²) in [5, 5.41) is 2.52. The molecular weight excluding hydrogens is 374 g/mol. The highest BCUT2D eigenvalue weighted by Crippen LogP contribution is 2.22. The van der Waals surface area contributed by atoms with Crippen LogP contribution < -0.4 is 10.9 Å². The second kappa shape index (κ2) is 8.14. The van der Waals surface area contributed by atoms with Crippen molar-refractivity contribution >= 4 is 45.4 Å². The van der Waals surface area contributed by atoms with Crippen LogP contribution in [-0.4, -0.2) is 22.6 Å². The van der Waals surface area contributed by atoms with Crippen LogP contribution in [0.15, 0.2) is 76.4 Å². The second-order valence-electron chi connectivity index (χ2n) is 6.15. The fraction of sp³-hybridized carbons (Fsp3) is 0.0952. The number of para-hydroxylation sites is 2. The molecule has 0 aliphatic rings. The lowest BCUT2D eigenvalue weighted by molar-refractivity contribution is -0.127. The SMILES string of the molecule is O=C(CSc1nc2ccccc2o1)NNC(=O)Cc1cccc2ccccc12. The van der Waals surface area contributed by atoms with E-state index in [2.05, 4.69) is 15.8 Å². The monoisotopic (exact) mass is 391 g/mol. The number of hydrogen-bond donors (Lipinski definition) is 2. The van der Waals surface area contributed by atoms with Crippen molar-refractivity contribution in [1.29, 1.82) is 0 Å². The van der Waals surface area contributed by atoms with Gasteiger partial charge in [-0.15, -0.1) is 0 Å². The highest BCUT2D eigenvalue weighted by molar-refractivity contribution is 7.99. The Balaban J connectivity index is 1.28. The third-order valence-corrected chi connectivity index (χ3v) is 5.00. The average Bonchev–Trinajstić information content (AvgIpc) is 3.14. The summed E-state index contributed by atoms with van der Waals surface area (Å²) in [7, 11) is 0. The first-order valence-corrected chi connectivity index (χ1v) is 9.70. The Kier molecular flexibility index (Phi) is 5.25. The maximum absolute atomic E-state index is 12.2. The van der Waals surface area contributed by atoms with E-state index >= 15 is 0 Å². The number of rotatable bonds is 5. The Bertz CT molecular complexity index is 1120. The molecular formula is C21H17N3O3S. The predicted octanol–water partition coefficient (Wildman–Crippen LogP) is 3.46. The Labute approximate surface area is 165 Å². The Hall–Kier alpha value is -3.32. The van der Waals surface area contributed by atoms with Gasteiger partial charge in [-0.1, -0.05) is 66.4 Å². The molecule has 1 heterocycles. The van der Waals surface area contributed by atoms with E-state index in [1.165, 1.54) is 11.8 Å². The maximum atomic E-state index is 12.2. The van der Waals surface area contributed by atoms with Gasteiger partial charge in [0.1, 0.15) is 5.52 Å². The van der Waals surface area contributed by atoms with Crippen LogP contribution in [0.5, 0.6) is 0 Å². The average molecular weight is 391 g/mol. The standard InChI is InChI=1S/C21H17N3O3S/c25-19(12-15-8-5-7-14-6-1-2-9-16(14)15)23-24-20(26)13-28-21-22-17-10-3-4-11-18(17)27-21/h1-11H,12-13H2,(H,23,25)(H,24,26). The molecule has 1 aromatic heterocycles. The summed E-state index contributed by atoms with van der Waals surface area (Å²) in [6.07, 6.45) is 0.180. The van der Waals surface area contributed by atoms with E-state index in [1.54, 1.807) is 0 Å². The number of nitrogens with zero attached hydrogens (tertiary/aromatic N) is 1. The molecule has 4 rings (SSSR count). The zero-order valence-electron chi connectivity index (χ0n) is 14.8. The van der Waals surface area contributed by atoms with Crippen molar-refractivity contribution < 1.29 is 14.0 Å². The van der Waals surface area contributed by atoms with Crippen molar-refractivity contribution in [2.75, 3.05) is 5.75 Å². The van der Waals surface area contributed by atoms with Crippen molar-refractivity contribution in [2.45, 2.75) is 11.6 Å². The molecule has 0 bridgehead atoms.